The van der Waals surface area contributed by atoms with E-state index in [1.165, 1.54) is 5.56 Å². The van der Waals surface area contributed by atoms with Crippen LogP contribution in [0, 0.1) is 11.7 Å². The van der Waals surface area contributed by atoms with Crippen LogP contribution < -0.4 is 0 Å². The Bertz CT molecular complexity index is 510. The topological polar surface area (TPSA) is 33.6 Å². The van der Waals surface area contributed by atoms with Crippen LogP contribution in [0.1, 0.15) is 5.56 Å². The van der Waals surface area contributed by atoms with Gasteiger partial charge in [-0.15, -0.1) is 0 Å². The fraction of sp³-hybridized carbons (Fsp3) is 0.200. The molecule has 0 radical (unpaired) electrons. The molecule has 1 aromatic carbocycles. The fourth-order valence-corrected chi connectivity index (χ4v) is 1.46. The third-order valence-corrected chi connectivity index (χ3v) is 2.42. The van der Waals surface area contributed by atoms with Crippen molar-refractivity contribution in [3.8, 4) is 11.4 Å². The van der Waals surface area contributed by atoms with E-state index < -0.39 is 0 Å². The second-order valence-corrected chi connectivity index (χ2v) is 3.65. The molecule has 0 aliphatic heterocycles. The lowest BCUT2D eigenvalue weighted by Crippen LogP contribution is -1.89. The molecule has 0 saturated heterocycles. The summed E-state index contributed by atoms with van der Waals surface area (Å²) in [5.74, 6) is 0.821. The molecule has 14 heavy (non-hydrogen) atoms. The molecule has 0 saturated carbocycles. The first-order chi connectivity index (χ1) is 6.66. The maximum Gasteiger partial charge on any atom is 0.216 e. The molecule has 1 N–H and O–H groups in total. The van der Waals surface area contributed by atoms with E-state index in [4.69, 9.17) is 12.2 Å². The third-order valence-electron chi connectivity index (χ3n) is 2.06. The molecule has 2 rings (SSSR count). The highest BCUT2D eigenvalue weighted by Crippen LogP contribution is 2.15. The summed E-state index contributed by atoms with van der Waals surface area (Å²) in [6.07, 6.45) is 0. The van der Waals surface area contributed by atoms with Crippen LogP contribution in [0.2, 0.25) is 0 Å². The first kappa shape index (κ1) is 9.15. The van der Waals surface area contributed by atoms with E-state index in [1.54, 1.807) is 4.68 Å². The standard InChI is InChI=1S/C10H11N3S/c1-7-4-3-5-8(6-7)9-11-10(14)13(2)12-9/h3-6H,1-2H3,(H,11,12,14). The summed E-state index contributed by atoms with van der Waals surface area (Å²) >= 11 is 5.03. The van der Waals surface area contributed by atoms with Crippen molar-refractivity contribution in [3.63, 3.8) is 0 Å². The van der Waals surface area contributed by atoms with Gasteiger partial charge in [-0.1, -0.05) is 23.8 Å². The summed E-state index contributed by atoms with van der Waals surface area (Å²) in [4.78, 5) is 4.24. The summed E-state index contributed by atoms with van der Waals surface area (Å²) in [7, 11) is 1.86. The van der Waals surface area contributed by atoms with Crippen LogP contribution in [0.5, 0.6) is 0 Å². The van der Waals surface area contributed by atoms with Crippen molar-refractivity contribution in [2.24, 2.45) is 7.05 Å². The number of benzene rings is 1. The molecular weight excluding hydrogens is 194 g/mol. The van der Waals surface area contributed by atoms with Gasteiger partial charge in [0.05, 0.1) is 0 Å². The zero-order chi connectivity index (χ0) is 10.1. The molecule has 4 heteroatoms. The van der Waals surface area contributed by atoms with Crippen LogP contribution >= 0.6 is 12.2 Å². The van der Waals surface area contributed by atoms with E-state index >= 15 is 0 Å². The molecular formula is C10H11N3S. The van der Waals surface area contributed by atoms with Crippen LogP contribution in [0.3, 0.4) is 0 Å². The van der Waals surface area contributed by atoms with Crippen molar-refractivity contribution in [1.29, 1.82) is 0 Å². The van der Waals surface area contributed by atoms with E-state index in [9.17, 15) is 0 Å². The van der Waals surface area contributed by atoms with Crippen molar-refractivity contribution in [2.45, 2.75) is 6.92 Å². The predicted molar refractivity (Wildman–Crippen MR) is 58.6 cm³/mol. The van der Waals surface area contributed by atoms with Gasteiger partial charge in [-0.05, 0) is 25.2 Å². The quantitative estimate of drug-likeness (QED) is 0.725. The Balaban J connectivity index is 2.54. The van der Waals surface area contributed by atoms with Gasteiger partial charge < -0.3 is 0 Å². The SMILES string of the molecule is Cc1cccc(-c2nc(=S)n(C)[nH]2)c1. The van der Waals surface area contributed by atoms with Gasteiger partial charge in [0.2, 0.25) is 4.77 Å². The smallest absolute Gasteiger partial charge is 0.216 e. The number of aryl methyl sites for hydroxylation is 2. The largest absolute Gasteiger partial charge is 0.279 e. The molecule has 0 fully saturated rings. The van der Waals surface area contributed by atoms with Crippen molar-refractivity contribution >= 4 is 12.2 Å². The van der Waals surface area contributed by atoms with Gasteiger partial charge in [0.25, 0.3) is 0 Å². The summed E-state index contributed by atoms with van der Waals surface area (Å²) in [6, 6.07) is 8.16. The number of rotatable bonds is 1. The van der Waals surface area contributed by atoms with E-state index in [-0.39, 0.29) is 0 Å². The van der Waals surface area contributed by atoms with Crippen molar-refractivity contribution in [3.05, 3.63) is 34.6 Å². The van der Waals surface area contributed by atoms with Crippen LogP contribution in [0.25, 0.3) is 11.4 Å². The number of nitrogens with zero attached hydrogens (tertiary/aromatic N) is 2. The summed E-state index contributed by atoms with van der Waals surface area (Å²) in [6.45, 7) is 2.06. The van der Waals surface area contributed by atoms with Crippen LogP contribution in [-0.4, -0.2) is 14.8 Å². The monoisotopic (exact) mass is 205 g/mol. The average molecular weight is 205 g/mol. The molecule has 0 amide bonds. The number of aromatic nitrogens is 3. The Morgan fingerprint density at radius 3 is 2.79 bits per heavy atom. The Morgan fingerprint density at radius 2 is 2.21 bits per heavy atom. The molecule has 0 atom stereocenters. The maximum absolute atomic E-state index is 5.03. The second kappa shape index (κ2) is 3.38. The summed E-state index contributed by atoms with van der Waals surface area (Å²) in [5, 5.41) is 3.09. The Morgan fingerprint density at radius 1 is 1.43 bits per heavy atom. The lowest BCUT2D eigenvalue weighted by Gasteiger charge is -1.97. The number of nitrogens with one attached hydrogen (secondary N) is 1. The number of hydrogen-bond donors (Lipinski definition) is 1. The van der Waals surface area contributed by atoms with Crippen molar-refractivity contribution in [2.75, 3.05) is 0 Å². The lowest BCUT2D eigenvalue weighted by atomic mass is 10.1. The molecule has 2 aromatic rings. The van der Waals surface area contributed by atoms with Crippen LogP contribution in [-0.2, 0) is 7.05 Å². The molecule has 0 aliphatic rings. The van der Waals surface area contributed by atoms with Gasteiger partial charge in [0.15, 0.2) is 5.82 Å². The Kier molecular flexibility index (Phi) is 2.21. The fourth-order valence-electron chi connectivity index (χ4n) is 1.32. The zero-order valence-electron chi connectivity index (χ0n) is 8.11. The molecule has 1 heterocycles. The lowest BCUT2D eigenvalue weighted by molar-refractivity contribution is 0.756. The minimum atomic E-state index is 0.571. The number of hydrogen-bond acceptors (Lipinski definition) is 2. The van der Waals surface area contributed by atoms with Crippen molar-refractivity contribution < 1.29 is 0 Å². The van der Waals surface area contributed by atoms with E-state index in [0.29, 0.717) is 4.77 Å². The van der Waals surface area contributed by atoms with Gasteiger partial charge >= 0.3 is 0 Å². The molecule has 0 bridgehead atoms. The minimum absolute atomic E-state index is 0.571. The Hall–Kier alpha value is -1.42. The molecule has 3 nitrogen and oxygen atoms in total. The Labute approximate surface area is 87.4 Å². The molecule has 1 aromatic heterocycles. The first-order valence-corrected chi connectivity index (χ1v) is 4.78. The van der Waals surface area contributed by atoms with Crippen LogP contribution in [0.4, 0.5) is 0 Å². The molecule has 0 aliphatic carbocycles. The summed E-state index contributed by atoms with van der Waals surface area (Å²) in [5.41, 5.74) is 2.28. The van der Waals surface area contributed by atoms with E-state index in [2.05, 4.69) is 29.1 Å². The first-order valence-electron chi connectivity index (χ1n) is 4.37. The molecule has 72 valence electrons. The minimum Gasteiger partial charge on any atom is -0.279 e. The highest BCUT2D eigenvalue weighted by Gasteiger charge is 2.01. The van der Waals surface area contributed by atoms with Gasteiger partial charge in [-0.3, -0.25) is 9.78 Å². The number of H-pyrrole nitrogens is 1. The van der Waals surface area contributed by atoms with Gasteiger partial charge in [-0.2, -0.15) is 4.98 Å². The maximum atomic E-state index is 5.03. The normalized spacial score (nSPS) is 10.4. The van der Waals surface area contributed by atoms with E-state index in [0.717, 1.165) is 11.4 Å². The van der Waals surface area contributed by atoms with Gasteiger partial charge in [0.1, 0.15) is 0 Å². The highest BCUT2D eigenvalue weighted by molar-refractivity contribution is 7.71. The molecule has 0 spiro atoms. The molecule has 0 unspecified atom stereocenters. The van der Waals surface area contributed by atoms with E-state index in [1.807, 2.05) is 19.2 Å². The number of aromatic amines is 1. The second-order valence-electron chi connectivity index (χ2n) is 3.28. The predicted octanol–water partition coefficient (Wildman–Crippen LogP) is 2.45. The van der Waals surface area contributed by atoms with Gasteiger partial charge in [-0.25, -0.2) is 0 Å². The summed E-state index contributed by atoms with van der Waals surface area (Å²) < 4.78 is 2.30. The van der Waals surface area contributed by atoms with Gasteiger partial charge in [0, 0.05) is 12.6 Å². The third kappa shape index (κ3) is 1.61. The van der Waals surface area contributed by atoms with Crippen LogP contribution in [0.15, 0.2) is 24.3 Å². The highest BCUT2D eigenvalue weighted by atomic mass is 32.1. The van der Waals surface area contributed by atoms with Crippen molar-refractivity contribution in [1.82, 2.24) is 14.8 Å². The average Bonchev–Trinajstić information content (AvgIpc) is 2.47. The zero-order valence-corrected chi connectivity index (χ0v) is 8.93.